The summed E-state index contributed by atoms with van der Waals surface area (Å²) in [5.41, 5.74) is 2.76. The van der Waals surface area contributed by atoms with Crippen molar-refractivity contribution in [2.45, 2.75) is 6.92 Å². The third-order valence-electron chi connectivity index (χ3n) is 4.02. The van der Waals surface area contributed by atoms with E-state index in [2.05, 4.69) is 5.32 Å². The molecule has 0 saturated carbocycles. The van der Waals surface area contributed by atoms with Crippen molar-refractivity contribution in [3.63, 3.8) is 0 Å². The Morgan fingerprint density at radius 3 is 1.96 bits per heavy atom. The zero-order valence-electron chi connectivity index (χ0n) is 16.3. The second kappa shape index (κ2) is 9.52. The molecular formula is C21H25NO5. The zero-order chi connectivity index (χ0) is 19.8. The van der Waals surface area contributed by atoms with Crippen LogP contribution < -0.4 is 24.3 Å². The molecule has 0 aliphatic carbocycles. The van der Waals surface area contributed by atoms with Crippen molar-refractivity contribution in [2.75, 3.05) is 35.0 Å². The number of nitrogens with one attached hydrogen (secondary N) is 1. The Labute approximate surface area is 159 Å². The van der Waals surface area contributed by atoms with Gasteiger partial charge in [0.1, 0.15) is 5.75 Å². The maximum atomic E-state index is 11.4. The van der Waals surface area contributed by atoms with Gasteiger partial charge in [-0.2, -0.15) is 0 Å². The fourth-order valence-electron chi connectivity index (χ4n) is 2.65. The van der Waals surface area contributed by atoms with Crippen LogP contribution in [0.4, 0.5) is 0 Å². The van der Waals surface area contributed by atoms with Crippen LogP contribution in [0.2, 0.25) is 0 Å². The van der Waals surface area contributed by atoms with Gasteiger partial charge in [-0.3, -0.25) is 4.79 Å². The number of ether oxygens (including phenoxy) is 4. The minimum atomic E-state index is -0.0979. The molecule has 0 atom stereocenters. The number of amides is 1. The van der Waals surface area contributed by atoms with E-state index in [-0.39, 0.29) is 5.91 Å². The minimum absolute atomic E-state index is 0.0979. The van der Waals surface area contributed by atoms with Crippen LogP contribution in [-0.4, -0.2) is 40.9 Å². The lowest BCUT2D eigenvalue weighted by molar-refractivity contribution is -0.118. The van der Waals surface area contributed by atoms with E-state index in [1.807, 2.05) is 42.5 Å². The number of hydrogen-bond donors (Lipinski definition) is 1. The number of carbonyl (C=O) groups excluding carboxylic acids is 1. The Kier molecular flexibility index (Phi) is 7.11. The molecule has 0 bridgehead atoms. The van der Waals surface area contributed by atoms with Gasteiger partial charge in [-0.25, -0.2) is 0 Å². The van der Waals surface area contributed by atoms with E-state index in [9.17, 15) is 4.79 Å². The summed E-state index contributed by atoms with van der Waals surface area (Å²) in [5.74, 6) is 2.34. The van der Waals surface area contributed by atoms with E-state index in [0.29, 0.717) is 23.8 Å². The quantitative estimate of drug-likeness (QED) is 0.721. The molecular weight excluding hydrogens is 346 g/mol. The Balaban J connectivity index is 2.50. The summed E-state index contributed by atoms with van der Waals surface area (Å²) in [5, 5.41) is 2.85. The average Bonchev–Trinajstić information content (AvgIpc) is 2.70. The summed E-state index contributed by atoms with van der Waals surface area (Å²) >= 11 is 0. The highest BCUT2D eigenvalue weighted by atomic mass is 16.5. The maximum absolute atomic E-state index is 11.4. The topological polar surface area (TPSA) is 66.0 Å². The van der Waals surface area contributed by atoms with E-state index < -0.39 is 0 Å². The second-order valence-electron chi connectivity index (χ2n) is 5.77. The number of rotatable bonds is 8. The molecule has 0 aliphatic rings. The third-order valence-corrected chi connectivity index (χ3v) is 4.02. The summed E-state index contributed by atoms with van der Waals surface area (Å²) in [7, 11) is 6.34. The fourth-order valence-corrected chi connectivity index (χ4v) is 2.65. The molecule has 0 unspecified atom stereocenters. The van der Waals surface area contributed by atoms with Crippen LogP contribution in [0, 0.1) is 0 Å². The molecule has 0 spiro atoms. The normalized spacial score (nSPS) is 10.9. The number of methoxy groups -OCH3 is 4. The van der Waals surface area contributed by atoms with Crippen LogP contribution in [0.3, 0.4) is 0 Å². The van der Waals surface area contributed by atoms with Crippen molar-refractivity contribution in [1.82, 2.24) is 5.32 Å². The highest BCUT2D eigenvalue weighted by Gasteiger charge is 2.13. The molecule has 1 N–H and O–H groups in total. The first-order valence-electron chi connectivity index (χ1n) is 8.41. The molecule has 0 aliphatic heterocycles. The van der Waals surface area contributed by atoms with Gasteiger partial charge in [0.05, 0.1) is 28.4 Å². The molecule has 0 heterocycles. The van der Waals surface area contributed by atoms with Crippen molar-refractivity contribution in [3.8, 4) is 23.0 Å². The van der Waals surface area contributed by atoms with E-state index in [1.54, 1.807) is 28.4 Å². The molecule has 0 fully saturated rings. The van der Waals surface area contributed by atoms with E-state index >= 15 is 0 Å². The van der Waals surface area contributed by atoms with Gasteiger partial charge in [-0.15, -0.1) is 0 Å². The molecule has 2 aromatic rings. The predicted octanol–water partition coefficient (Wildman–Crippen LogP) is 3.40. The third kappa shape index (κ3) is 5.17. The Morgan fingerprint density at radius 1 is 0.926 bits per heavy atom. The highest BCUT2D eigenvalue weighted by Crippen LogP contribution is 2.39. The summed E-state index contributed by atoms with van der Waals surface area (Å²) < 4.78 is 21.4. The number of benzene rings is 2. The molecule has 1 amide bonds. The van der Waals surface area contributed by atoms with Crippen LogP contribution in [0.25, 0.3) is 11.6 Å². The second-order valence-corrected chi connectivity index (χ2v) is 5.77. The Morgan fingerprint density at radius 2 is 1.52 bits per heavy atom. The van der Waals surface area contributed by atoms with Gasteiger partial charge in [0.2, 0.25) is 11.7 Å². The van der Waals surface area contributed by atoms with Crippen molar-refractivity contribution >= 4 is 17.6 Å². The van der Waals surface area contributed by atoms with Crippen LogP contribution in [-0.2, 0) is 4.79 Å². The lowest BCUT2D eigenvalue weighted by atomic mass is 10.0. The molecule has 0 aromatic heterocycles. The minimum Gasteiger partial charge on any atom is -0.497 e. The highest BCUT2D eigenvalue weighted by molar-refractivity contribution is 5.86. The molecule has 27 heavy (non-hydrogen) atoms. The van der Waals surface area contributed by atoms with Gasteiger partial charge in [-0.05, 0) is 47.0 Å². The monoisotopic (exact) mass is 371 g/mol. The van der Waals surface area contributed by atoms with Crippen molar-refractivity contribution < 1.29 is 23.7 Å². The van der Waals surface area contributed by atoms with Crippen molar-refractivity contribution in [3.05, 3.63) is 47.5 Å². The molecule has 0 saturated heterocycles. The maximum Gasteiger partial charge on any atom is 0.217 e. The van der Waals surface area contributed by atoms with Gasteiger partial charge >= 0.3 is 0 Å². The van der Waals surface area contributed by atoms with Gasteiger partial charge < -0.3 is 24.3 Å². The van der Waals surface area contributed by atoms with E-state index in [4.69, 9.17) is 18.9 Å². The van der Waals surface area contributed by atoms with Crippen LogP contribution in [0.1, 0.15) is 18.1 Å². The summed E-state index contributed by atoms with van der Waals surface area (Å²) in [4.78, 5) is 11.4. The van der Waals surface area contributed by atoms with E-state index in [1.165, 1.54) is 6.92 Å². The first-order valence-corrected chi connectivity index (χ1v) is 8.41. The van der Waals surface area contributed by atoms with Crippen LogP contribution in [0.5, 0.6) is 23.0 Å². The zero-order valence-corrected chi connectivity index (χ0v) is 16.3. The summed E-state index contributed by atoms with van der Waals surface area (Å²) in [6.07, 6.45) is 1.97. The van der Waals surface area contributed by atoms with Crippen LogP contribution in [0.15, 0.2) is 36.4 Å². The van der Waals surface area contributed by atoms with Gasteiger partial charge in [0.15, 0.2) is 11.5 Å². The lowest BCUT2D eigenvalue weighted by Crippen LogP contribution is -2.21. The van der Waals surface area contributed by atoms with Gasteiger partial charge in [0.25, 0.3) is 0 Å². The van der Waals surface area contributed by atoms with Gasteiger partial charge in [0, 0.05) is 13.5 Å². The first kappa shape index (κ1) is 20.2. The molecule has 0 radical (unpaired) electrons. The predicted molar refractivity (Wildman–Crippen MR) is 106 cm³/mol. The largest absolute Gasteiger partial charge is 0.497 e. The van der Waals surface area contributed by atoms with Crippen molar-refractivity contribution in [1.29, 1.82) is 0 Å². The first-order chi connectivity index (χ1) is 13.0. The van der Waals surface area contributed by atoms with Gasteiger partial charge in [-0.1, -0.05) is 12.1 Å². The molecule has 144 valence electrons. The van der Waals surface area contributed by atoms with Crippen LogP contribution >= 0.6 is 0 Å². The number of carbonyl (C=O) groups is 1. The molecule has 2 rings (SSSR count). The SMILES string of the molecule is COc1ccc(/C(=C\c2cc(OC)c(OC)c(OC)c2)CNC(C)=O)cc1. The van der Waals surface area contributed by atoms with Crippen molar-refractivity contribution in [2.24, 2.45) is 0 Å². The Hall–Kier alpha value is -3.15. The lowest BCUT2D eigenvalue weighted by Gasteiger charge is -2.14. The summed E-state index contributed by atoms with van der Waals surface area (Å²) in [6.45, 7) is 1.88. The average molecular weight is 371 g/mol. The number of hydrogen-bond acceptors (Lipinski definition) is 5. The standard InChI is InChI=1S/C21H25NO5/c1-14(23)22-13-17(16-6-8-18(24-2)9-7-16)10-15-11-19(25-3)21(27-5)20(12-15)26-4/h6-12H,13H2,1-5H3,(H,22,23)/b17-10-. The molecule has 2 aromatic carbocycles. The molecule has 6 heteroatoms. The van der Waals surface area contributed by atoms with E-state index in [0.717, 1.165) is 22.4 Å². The Bertz CT molecular complexity index is 787. The fraction of sp³-hybridized carbons (Fsp3) is 0.286. The summed E-state index contributed by atoms with van der Waals surface area (Å²) in [6, 6.07) is 11.4. The molecule has 6 nitrogen and oxygen atoms in total. The smallest absolute Gasteiger partial charge is 0.217 e.